The fourth-order valence-corrected chi connectivity index (χ4v) is 2.51. The Balaban J connectivity index is 2.07. The maximum Gasteiger partial charge on any atom is 0.0147 e. The third-order valence-corrected chi connectivity index (χ3v) is 3.21. The van der Waals surface area contributed by atoms with Crippen molar-refractivity contribution in [3.63, 3.8) is 0 Å². The molecular formula is C9H17N. The number of hydrogen-bond donors (Lipinski definition) is 1. The minimum Gasteiger partial charge on any atom is -0.313 e. The fourth-order valence-electron chi connectivity index (χ4n) is 2.51. The molecule has 2 rings (SSSR count). The first kappa shape index (κ1) is 6.66. The highest BCUT2D eigenvalue weighted by Gasteiger charge is 2.52. The highest BCUT2D eigenvalue weighted by molar-refractivity contribution is 5.07. The van der Waals surface area contributed by atoms with E-state index in [-0.39, 0.29) is 0 Å². The third-order valence-electron chi connectivity index (χ3n) is 3.21. The van der Waals surface area contributed by atoms with Crippen LogP contribution in [0, 0.1) is 11.3 Å². The molecule has 1 heterocycles. The van der Waals surface area contributed by atoms with Crippen LogP contribution in [0.4, 0.5) is 0 Å². The molecule has 1 atom stereocenters. The smallest absolute Gasteiger partial charge is 0.0147 e. The topological polar surface area (TPSA) is 12.0 Å². The van der Waals surface area contributed by atoms with Gasteiger partial charge in [-0.15, -0.1) is 0 Å². The molecule has 58 valence electrons. The predicted octanol–water partition coefficient (Wildman–Crippen LogP) is 1.78. The van der Waals surface area contributed by atoms with Crippen molar-refractivity contribution >= 4 is 0 Å². The molecule has 1 heteroatoms. The van der Waals surface area contributed by atoms with Gasteiger partial charge in [-0.3, -0.25) is 0 Å². The molecule has 1 spiro atoms. The summed E-state index contributed by atoms with van der Waals surface area (Å²) in [5.74, 6) is 0.838. The summed E-state index contributed by atoms with van der Waals surface area (Å²) >= 11 is 0. The molecule has 1 aliphatic heterocycles. The van der Waals surface area contributed by atoms with Crippen LogP contribution in [0.15, 0.2) is 0 Å². The lowest BCUT2D eigenvalue weighted by Gasteiger charge is -2.21. The Morgan fingerprint density at radius 2 is 2.00 bits per heavy atom. The van der Waals surface area contributed by atoms with Crippen molar-refractivity contribution in [2.75, 3.05) is 6.54 Å². The van der Waals surface area contributed by atoms with Gasteiger partial charge in [-0.1, -0.05) is 13.8 Å². The Bertz CT molecular complexity index is 136. The lowest BCUT2D eigenvalue weighted by molar-refractivity contribution is 0.336. The zero-order chi connectivity index (χ0) is 7.19. The second-order valence-electron chi connectivity index (χ2n) is 4.29. The molecule has 0 amide bonds. The van der Waals surface area contributed by atoms with Crippen LogP contribution in [0.1, 0.15) is 33.1 Å². The van der Waals surface area contributed by atoms with Gasteiger partial charge in [-0.2, -0.15) is 0 Å². The summed E-state index contributed by atoms with van der Waals surface area (Å²) in [6, 6.07) is 0.840. The van der Waals surface area contributed by atoms with Crippen LogP contribution < -0.4 is 5.32 Å². The molecule has 0 aromatic heterocycles. The minimum atomic E-state index is 0.772. The summed E-state index contributed by atoms with van der Waals surface area (Å²) < 4.78 is 0. The van der Waals surface area contributed by atoms with Crippen molar-refractivity contribution in [3.05, 3.63) is 0 Å². The van der Waals surface area contributed by atoms with Gasteiger partial charge in [0.2, 0.25) is 0 Å². The van der Waals surface area contributed by atoms with Crippen LogP contribution in [-0.4, -0.2) is 12.6 Å². The average Bonchev–Trinajstić information content (AvgIpc) is 2.42. The molecular weight excluding hydrogens is 122 g/mol. The van der Waals surface area contributed by atoms with E-state index >= 15 is 0 Å². The SMILES string of the molecule is CC(C)[C@H]1NCCC12CC2. The summed E-state index contributed by atoms with van der Waals surface area (Å²) in [5, 5.41) is 3.61. The van der Waals surface area contributed by atoms with E-state index in [9.17, 15) is 0 Å². The Hall–Kier alpha value is -0.0400. The Kier molecular flexibility index (Phi) is 1.31. The molecule has 0 aromatic carbocycles. The Morgan fingerprint density at radius 1 is 1.30 bits per heavy atom. The molecule has 10 heavy (non-hydrogen) atoms. The monoisotopic (exact) mass is 139 g/mol. The second kappa shape index (κ2) is 1.97. The van der Waals surface area contributed by atoms with Crippen molar-refractivity contribution in [1.82, 2.24) is 5.32 Å². The molecule has 1 aliphatic carbocycles. The molecule has 0 unspecified atom stereocenters. The van der Waals surface area contributed by atoms with E-state index < -0.39 is 0 Å². The van der Waals surface area contributed by atoms with Gasteiger partial charge in [0.05, 0.1) is 0 Å². The standard InChI is InChI=1S/C9H17N/c1-7(2)8-9(3-4-9)5-6-10-8/h7-8,10H,3-6H2,1-2H3/t8-/m1/s1. The second-order valence-corrected chi connectivity index (χ2v) is 4.29. The lowest BCUT2D eigenvalue weighted by Crippen LogP contribution is -2.33. The summed E-state index contributed by atoms with van der Waals surface area (Å²) in [4.78, 5) is 0. The average molecular weight is 139 g/mol. The van der Waals surface area contributed by atoms with Gasteiger partial charge in [-0.25, -0.2) is 0 Å². The van der Waals surface area contributed by atoms with Crippen LogP contribution in [0.2, 0.25) is 0 Å². The summed E-state index contributed by atoms with van der Waals surface area (Å²) in [6.07, 6.45) is 4.42. The first-order valence-electron chi connectivity index (χ1n) is 4.48. The molecule has 0 bridgehead atoms. The molecule has 1 saturated heterocycles. The van der Waals surface area contributed by atoms with E-state index in [0.29, 0.717) is 0 Å². The van der Waals surface area contributed by atoms with Crippen LogP contribution in [-0.2, 0) is 0 Å². The number of nitrogens with one attached hydrogen (secondary N) is 1. The summed E-state index contributed by atoms with van der Waals surface area (Å²) in [5.41, 5.74) is 0.772. The molecule has 2 fully saturated rings. The third kappa shape index (κ3) is 0.800. The van der Waals surface area contributed by atoms with E-state index in [1.54, 1.807) is 0 Å². The lowest BCUT2D eigenvalue weighted by atomic mass is 9.89. The quantitative estimate of drug-likeness (QED) is 0.584. The molecule has 0 radical (unpaired) electrons. The predicted molar refractivity (Wildman–Crippen MR) is 42.9 cm³/mol. The summed E-state index contributed by atoms with van der Waals surface area (Å²) in [7, 11) is 0. The molecule has 1 saturated carbocycles. The van der Waals surface area contributed by atoms with Gasteiger partial charge < -0.3 is 5.32 Å². The molecule has 0 aromatic rings. The first-order valence-corrected chi connectivity index (χ1v) is 4.48. The van der Waals surface area contributed by atoms with Gasteiger partial charge in [0.25, 0.3) is 0 Å². The van der Waals surface area contributed by atoms with E-state index in [1.165, 1.54) is 25.8 Å². The Labute approximate surface area is 63.2 Å². The maximum atomic E-state index is 3.61. The van der Waals surface area contributed by atoms with Gasteiger partial charge >= 0.3 is 0 Å². The Morgan fingerprint density at radius 3 is 2.40 bits per heavy atom. The maximum absolute atomic E-state index is 3.61. The zero-order valence-corrected chi connectivity index (χ0v) is 6.98. The van der Waals surface area contributed by atoms with E-state index in [1.807, 2.05) is 0 Å². The van der Waals surface area contributed by atoms with Gasteiger partial charge in [0, 0.05) is 6.04 Å². The van der Waals surface area contributed by atoms with Crippen molar-refractivity contribution in [1.29, 1.82) is 0 Å². The van der Waals surface area contributed by atoms with Crippen molar-refractivity contribution in [3.8, 4) is 0 Å². The van der Waals surface area contributed by atoms with E-state index in [0.717, 1.165) is 17.4 Å². The number of rotatable bonds is 1. The van der Waals surface area contributed by atoms with Crippen molar-refractivity contribution < 1.29 is 0 Å². The van der Waals surface area contributed by atoms with Gasteiger partial charge in [0.1, 0.15) is 0 Å². The van der Waals surface area contributed by atoms with Crippen LogP contribution >= 0.6 is 0 Å². The van der Waals surface area contributed by atoms with E-state index in [2.05, 4.69) is 19.2 Å². The van der Waals surface area contributed by atoms with Gasteiger partial charge in [-0.05, 0) is 37.1 Å². The van der Waals surface area contributed by atoms with E-state index in [4.69, 9.17) is 0 Å². The highest BCUT2D eigenvalue weighted by Crippen LogP contribution is 2.55. The zero-order valence-electron chi connectivity index (χ0n) is 6.98. The largest absolute Gasteiger partial charge is 0.313 e. The molecule has 1 nitrogen and oxygen atoms in total. The summed E-state index contributed by atoms with van der Waals surface area (Å²) in [6.45, 7) is 5.94. The van der Waals surface area contributed by atoms with Crippen molar-refractivity contribution in [2.24, 2.45) is 11.3 Å². The minimum absolute atomic E-state index is 0.772. The van der Waals surface area contributed by atoms with Crippen LogP contribution in [0.5, 0.6) is 0 Å². The highest BCUT2D eigenvalue weighted by atomic mass is 15.0. The first-order chi connectivity index (χ1) is 4.75. The molecule has 1 N–H and O–H groups in total. The van der Waals surface area contributed by atoms with Gasteiger partial charge in [0.15, 0.2) is 0 Å². The van der Waals surface area contributed by atoms with Crippen molar-refractivity contribution in [2.45, 2.75) is 39.2 Å². The number of hydrogen-bond acceptors (Lipinski definition) is 1. The normalized spacial score (nSPS) is 35.7. The molecule has 2 aliphatic rings. The fraction of sp³-hybridized carbons (Fsp3) is 1.00. The van der Waals surface area contributed by atoms with Crippen LogP contribution in [0.3, 0.4) is 0 Å². The van der Waals surface area contributed by atoms with Crippen LogP contribution in [0.25, 0.3) is 0 Å².